The van der Waals surface area contributed by atoms with Crippen LogP contribution in [0.3, 0.4) is 0 Å². The number of rotatable bonds is 8. The first-order valence-electron chi connectivity index (χ1n) is 6.56. The summed E-state index contributed by atoms with van der Waals surface area (Å²) < 4.78 is 51.1. The molecule has 1 N–H and O–H groups in total. The van der Waals surface area contributed by atoms with Crippen LogP contribution in [-0.2, 0) is 24.5 Å². The summed E-state index contributed by atoms with van der Waals surface area (Å²) in [6, 6.07) is 4.04. The summed E-state index contributed by atoms with van der Waals surface area (Å²) in [6.07, 6.45) is 0.785. The average Bonchev–Trinajstić information content (AvgIpc) is 2.44. The van der Waals surface area contributed by atoms with Gasteiger partial charge in [0.25, 0.3) is 0 Å². The molecule has 0 aliphatic carbocycles. The van der Waals surface area contributed by atoms with Gasteiger partial charge in [0.05, 0.1) is 28.5 Å². The summed E-state index contributed by atoms with van der Waals surface area (Å²) in [4.78, 5) is 11.6. The first kappa shape index (κ1) is 19.7. The lowest BCUT2D eigenvalue weighted by atomic mass is 10.3. The van der Waals surface area contributed by atoms with Crippen LogP contribution in [0.15, 0.2) is 23.1 Å². The van der Waals surface area contributed by atoms with Crippen LogP contribution in [0.2, 0.25) is 5.02 Å². The number of carbonyl (C=O) groups excluding carboxylic acids is 1. The van der Waals surface area contributed by atoms with Crippen molar-refractivity contribution in [1.29, 1.82) is 0 Å². The van der Waals surface area contributed by atoms with Gasteiger partial charge >= 0.3 is 0 Å². The Balaban J connectivity index is 2.62. The van der Waals surface area contributed by atoms with Crippen molar-refractivity contribution >= 4 is 37.2 Å². The molecule has 0 saturated heterocycles. The Kier molecular flexibility index (Phi) is 6.84. The highest BCUT2D eigenvalue weighted by Crippen LogP contribution is 2.27. The molecule has 0 fully saturated rings. The third-order valence-corrected chi connectivity index (χ3v) is 5.83. The van der Waals surface area contributed by atoms with Gasteiger partial charge in [-0.3, -0.25) is 4.79 Å². The second-order valence-corrected chi connectivity index (χ2v) is 9.62. The molecule has 1 aromatic rings. The Bertz CT molecular complexity index is 774. The lowest BCUT2D eigenvalue weighted by Crippen LogP contribution is -2.30. The number of carbonyl (C=O) groups is 1. The zero-order chi connectivity index (χ0) is 17.7. The van der Waals surface area contributed by atoms with E-state index >= 15 is 0 Å². The predicted molar refractivity (Wildman–Crippen MR) is 87.4 cm³/mol. The number of ether oxygens (including phenoxy) is 1. The lowest BCUT2D eigenvalue weighted by Gasteiger charge is -2.08. The highest BCUT2D eigenvalue weighted by atomic mass is 35.5. The number of amides is 1. The molecule has 10 heteroatoms. The van der Waals surface area contributed by atoms with E-state index in [9.17, 15) is 21.6 Å². The van der Waals surface area contributed by atoms with Crippen molar-refractivity contribution in [2.75, 3.05) is 31.4 Å². The zero-order valence-electron chi connectivity index (χ0n) is 12.7. The second-order valence-electron chi connectivity index (χ2n) is 4.85. The molecule has 1 aromatic carbocycles. The average molecular weight is 384 g/mol. The highest BCUT2D eigenvalue weighted by Gasteiger charge is 2.18. The SMILES string of the molecule is COc1ccc(S(=O)(=O)CCC(=O)NCCS(C)(=O)=O)cc1Cl. The fourth-order valence-corrected chi connectivity index (χ4v) is 3.71. The van der Waals surface area contributed by atoms with E-state index in [4.69, 9.17) is 16.3 Å². The monoisotopic (exact) mass is 383 g/mol. The number of halogens is 1. The van der Waals surface area contributed by atoms with E-state index in [-0.39, 0.29) is 28.6 Å². The van der Waals surface area contributed by atoms with Crippen LogP contribution in [0.4, 0.5) is 0 Å². The van der Waals surface area contributed by atoms with Crippen LogP contribution in [0.1, 0.15) is 6.42 Å². The van der Waals surface area contributed by atoms with E-state index in [0.29, 0.717) is 5.75 Å². The number of hydrogen-bond donors (Lipinski definition) is 1. The Morgan fingerprint density at radius 3 is 2.39 bits per heavy atom. The normalized spacial score (nSPS) is 12.0. The van der Waals surface area contributed by atoms with Gasteiger partial charge in [0.15, 0.2) is 9.84 Å². The maximum absolute atomic E-state index is 12.1. The number of sulfone groups is 2. The Hall–Kier alpha value is -1.32. The molecule has 0 bridgehead atoms. The van der Waals surface area contributed by atoms with Crippen molar-refractivity contribution in [2.24, 2.45) is 0 Å². The molecule has 0 unspecified atom stereocenters. The molecule has 0 heterocycles. The minimum Gasteiger partial charge on any atom is -0.495 e. The van der Waals surface area contributed by atoms with Gasteiger partial charge in [0.2, 0.25) is 5.91 Å². The van der Waals surface area contributed by atoms with E-state index in [1.165, 1.54) is 25.3 Å². The topological polar surface area (TPSA) is 107 Å². The molecule has 0 aliphatic rings. The fraction of sp³-hybridized carbons (Fsp3) is 0.462. The van der Waals surface area contributed by atoms with Crippen molar-refractivity contribution in [1.82, 2.24) is 5.32 Å². The minimum absolute atomic E-state index is 0.00719. The fourth-order valence-electron chi connectivity index (χ4n) is 1.65. The van der Waals surface area contributed by atoms with E-state index in [0.717, 1.165) is 6.26 Å². The predicted octanol–water partition coefficient (Wildman–Crippen LogP) is 0.673. The standard InChI is InChI=1S/C13H18ClNO6S2/c1-21-12-4-3-10(9-11(12)14)23(19,20)7-5-13(16)15-6-8-22(2,17)18/h3-4,9H,5-8H2,1-2H3,(H,15,16). The van der Waals surface area contributed by atoms with E-state index < -0.39 is 31.3 Å². The molecule has 0 atom stereocenters. The van der Waals surface area contributed by atoms with Gasteiger partial charge in [0.1, 0.15) is 15.6 Å². The molecule has 0 saturated carbocycles. The Morgan fingerprint density at radius 2 is 1.87 bits per heavy atom. The van der Waals surface area contributed by atoms with Crippen LogP contribution in [-0.4, -0.2) is 54.2 Å². The summed E-state index contributed by atoms with van der Waals surface area (Å²) in [5.74, 6) is -0.777. The van der Waals surface area contributed by atoms with Crippen LogP contribution in [0, 0.1) is 0 Å². The molecule has 0 spiro atoms. The van der Waals surface area contributed by atoms with Gasteiger partial charge in [-0.05, 0) is 18.2 Å². The molecule has 0 radical (unpaired) electrons. The van der Waals surface area contributed by atoms with Crippen LogP contribution in [0.5, 0.6) is 5.75 Å². The summed E-state index contributed by atoms with van der Waals surface area (Å²) in [5.41, 5.74) is 0. The van der Waals surface area contributed by atoms with Crippen LogP contribution in [0.25, 0.3) is 0 Å². The maximum atomic E-state index is 12.1. The van der Waals surface area contributed by atoms with Crippen molar-refractivity contribution in [3.8, 4) is 5.75 Å². The molecule has 0 aromatic heterocycles. The van der Waals surface area contributed by atoms with Gasteiger partial charge in [-0.1, -0.05) is 11.6 Å². The number of methoxy groups -OCH3 is 1. The van der Waals surface area contributed by atoms with Gasteiger partial charge in [-0.2, -0.15) is 0 Å². The highest BCUT2D eigenvalue weighted by molar-refractivity contribution is 7.91. The van der Waals surface area contributed by atoms with Crippen molar-refractivity contribution < 1.29 is 26.4 Å². The van der Waals surface area contributed by atoms with Crippen molar-refractivity contribution in [3.05, 3.63) is 23.2 Å². The van der Waals surface area contributed by atoms with E-state index in [2.05, 4.69) is 5.32 Å². The van der Waals surface area contributed by atoms with Crippen molar-refractivity contribution in [2.45, 2.75) is 11.3 Å². The second kappa shape index (κ2) is 7.98. The van der Waals surface area contributed by atoms with Crippen molar-refractivity contribution in [3.63, 3.8) is 0 Å². The summed E-state index contributed by atoms with van der Waals surface area (Å²) in [7, 11) is -5.44. The van der Waals surface area contributed by atoms with Gasteiger partial charge in [0, 0.05) is 19.2 Å². The number of nitrogens with one attached hydrogen (secondary N) is 1. The summed E-state index contributed by atoms with van der Waals surface area (Å²) in [6.45, 7) is -0.0495. The third kappa shape index (κ3) is 6.76. The minimum atomic E-state index is -3.68. The molecule has 1 amide bonds. The molecule has 7 nitrogen and oxygen atoms in total. The van der Waals surface area contributed by atoms with Gasteiger partial charge in [-0.25, -0.2) is 16.8 Å². The quantitative estimate of drug-likeness (QED) is 0.707. The van der Waals surface area contributed by atoms with Gasteiger partial charge < -0.3 is 10.1 Å². The summed E-state index contributed by atoms with van der Waals surface area (Å²) >= 11 is 5.88. The lowest BCUT2D eigenvalue weighted by molar-refractivity contribution is -0.120. The molecular weight excluding hydrogens is 366 g/mol. The van der Waals surface area contributed by atoms with Crippen LogP contribution < -0.4 is 10.1 Å². The Labute approximate surface area is 140 Å². The first-order valence-corrected chi connectivity index (χ1v) is 10.6. The first-order chi connectivity index (χ1) is 10.5. The third-order valence-electron chi connectivity index (χ3n) is 2.88. The number of hydrogen-bond acceptors (Lipinski definition) is 6. The number of benzene rings is 1. The molecule has 23 heavy (non-hydrogen) atoms. The molecule has 1 rings (SSSR count). The molecular formula is C13H18ClNO6S2. The zero-order valence-corrected chi connectivity index (χ0v) is 15.1. The molecule has 0 aliphatic heterocycles. The maximum Gasteiger partial charge on any atom is 0.221 e. The smallest absolute Gasteiger partial charge is 0.221 e. The van der Waals surface area contributed by atoms with Crippen LogP contribution >= 0.6 is 11.6 Å². The van der Waals surface area contributed by atoms with Gasteiger partial charge in [-0.15, -0.1) is 0 Å². The largest absolute Gasteiger partial charge is 0.495 e. The van der Waals surface area contributed by atoms with E-state index in [1.54, 1.807) is 0 Å². The van der Waals surface area contributed by atoms with E-state index in [1.807, 2.05) is 0 Å². The summed E-state index contributed by atoms with van der Waals surface area (Å²) in [5, 5.41) is 2.52. The molecule has 130 valence electrons. The Morgan fingerprint density at radius 1 is 1.22 bits per heavy atom.